The number of carbonyl (C=O) groups excluding carboxylic acids is 1. The van der Waals surface area contributed by atoms with Gasteiger partial charge in [0.15, 0.2) is 0 Å². The lowest BCUT2D eigenvalue weighted by Gasteiger charge is -2.39. The number of ether oxygens (including phenoxy) is 2. The molecule has 132 valence electrons. The van der Waals surface area contributed by atoms with Crippen molar-refractivity contribution in [3.8, 4) is 0 Å². The molecule has 2 atom stereocenters. The van der Waals surface area contributed by atoms with Gasteiger partial charge in [-0.2, -0.15) is 0 Å². The minimum atomic E-state index is -0.240. The van der Waals surface area contributed by atoms with E-state index in [1.807, 2.05) is 42.2 Å². The van der Waals surface area contributed by atoms with Gasteiger partial charge in [0.05, 0.1) is 35.9 Å². The zero-order chi connectivity index (χ0) is 17.3. The molecule has 5 nitrogen and oxygen atoms in total. The molecule has 5 heteroatoms. The number of piperidine rings is 1. The Balaban J connectivity index is 1.56. The molecule has 2 aliphatic heterocycles. The van der Waals surface area contributed by atoms with E-state index in [9.17, 15) is 4.79 Å². The Morgan fingerprint density at radius 3 is 3.16 bits per heavy atom. The molecule has 0 saturated carbocycles. The zero-order valence-corrected chi connectivity index (χ0v) is 14.6. The van der Waals surface area contributed by atoms with Gasteiger partial charge in [0, 0.05) is 31.2 Å². The fraction of sp³-hybridized carbons (Fsp3) is 0.500. The summed E-state index contributed by atoms with van der Waals surface area (Å²) in [6.45, 7) is 4.77. The molecule has 4 rings (SSSR count). The third-order valence-corrected chi connectivity index (χ3v) is 5.28. The first kappa shape index (κ1) is 16.5. The standard InChI is InChI=1S/C20H24N2O3/c1-2-24-15-12-20(25-13-15)9-5-11-22(14-20)19(23)17-8-10-21-18-7-4-3-6-16(17)18/h3-4,6-8,10,15H,2,5,9,11-14H2,1H3/t15-,20+/m1/s1. The number of para-hydroxylation sites is 1. The number of pyridine rings is 1. The van der Waals surface area contributed by atoms with Crippen LogP contribution in [0.1, 0.15) is 36.5 Å². The lowest BCUT2D eigenvalue weighted by molar-refractivity contribution is -0.0462. The fourth-order valence-electron chi connectivity index (χ4n) is 4.15. The summed E-state index contributed by atoms with van der Waals surface area (Å²) < 4.78 is 11.9. The van der Waals surface area contributed by atoms with E-state index in [-0.39, 0.29) is 17.6 Å². The predicted molar refractivity (Wildman–Crippen MR) is 95.6 cm³/mol. The van der Waals surface area contributed by atoms with Crippen LogP contribution in [-0.2, 0) is 9.47 Å². The maximum atomic E-state index is 13.2. The highest BCUT2D eigenvalue weighted by molar-refractivity contribution is 6.06. The van der Waals surface area contributed by atoms with Crippen molar-refractivity contribution in [1.29, 1.82) is 0 Å². The fourth-order valence-corrected chi connectivity index (χ4v) is 4.15. The molecule has 2 aromatic rings. The summed E-state index contributed by atoms with van der Waals surface area (Å²) in [5.74, 6) is 0.0705. The summed E-state index contributed by atoms with van der Waals surface area (Å²) in [5, 5.41) is 0.911. The second-order valence-corrected chi connectivity index (χ2v) is 6.98. The maximum Gasteiger partial charge on any atom is 0.254 e. The predicted octanol–water partition coefficient (Wildman–Crippen LogP) is 3.04. The van der Waals surface area contributed by atoms with Gasteiger partial charge >= 0.3 is 0 Å². The smallest absolute Gasteiger partial charge is 0.254 e. The van der Waals surface area contributed by atoms with E-state index >= 15 is 0 Å². The quantitative estimate of drug-likeness (QED) is 0.862. The molecule has 1 aromatic heterocycles. The number of aromatic nitrogens is 1. The molecular formula is C20H24N2O3. The topological polar surface area (TPSA) is 51.7 Å². The van der Waals surface area contributed by atoms with Crippen LogP contribution in [0.25, 0.3) is 10.9 Å². The number of hydrogen-bond acceptors (Lipinski definition) is 4. The molecule has 1 aromatic carbocycles. The maximum absolute atomic E-state index is 13.2. The van der Waals surface area contributed by atoms with Crippen molar-refractivity contribution in [2.24, 2.45) is 0 Å². The third-order valence-electron chi connectivity index (χ3n) is 5.28. The molecule has 0 aliphatic carbocycles. The number of fused-ring (bicyclic) bond motifs is 1. The van der Waals surface area contributed by atoms with Crippen LogP contribution in [0.15, 0.2) is 36.5 Å². The normalized spacial score (nSPS) is 26.4. The molecule has 0 unspecified atom stereocenters. The first-order valence-corrected chi connectivity index (χ1v) is 9.09. The van der Waals surface area contributed by atoms with Gasteiger partial charge in [-0.05, 0) is 31.9 Å². The summed E-state index contributed by atoms with van der Waals surface area (Å²) in [7, 11) is 0. The van der Waals surface area contributed by atoms with Crippen molar-refractivity contribution in [1.82, 2.24) is 9.88 Å². The Hall–Kier alpha value is -1.98. The van der Waals surface area contributed by atoms with Crippen molar-refractivity contribution < 1.29 is 14.3 Å². The van der Waals surface area contributed by atoms with E-state index in [1.54, 1.807) is 6.20 Å². The van der Waals surface area contributed by atoms with E-state index in [1.165, 1.54) is 0 Å². The SMILES string of the molecule is CCO[C@H]1CO[C@@]2(CCCN(C(=O)c3ccnc4ccccc34)C2)C1. The van der Waals surface area contributed by atoms with Gasteiger partial charge in [-0.3, -0.25) is 9.78 Å². The lowest BCUT2D eigenvalue weighted by Crippen LogP contribution is -2.50. The Labute approximate surface area is 147 Å². The summed E-state index contributed by atoms with van der Waals surface area (Å²) >= 11 is 0. The van der Waals surface area contributed by atoms with Gasteiger partial charge in [-0.15, -0.1) is 0 Å². The minimum absolute atomic E-state index is 0.0705. The van der Waals surface area contributed by atoms with Crippen molar-refractivity contribution >= 4 is 16.8 Å². The molecule has 3 heterocycles. The second kappa shape index (κ2) is 6.73. The number of rotatable bonds is 3. The second-order valence-electron chi connectivity index (χ2n) is 6.98. The third kappa shape index (κ3) is 3.14. The van der Waals surface area contributed by atoms with E-state index in [4.69, 9.17) is 9.47 Å². The van der Waals surface area contributed by atoms with Crippen LogP contribution >= 0.6 is 0 Å². The van der Waals surface area contributed by atoms with Crippen LogP contribution in [0.2, 0.25) is 0 Å². The van der Waals surface area contributed by atoms with Gasteiger partial charge in [0.1, 0.15) is 0 Å². The van der Waals surface area contributed by atoms with E-state index in [0.29, 0.717) is 19.8 Å². The average molecular weight is 340 g/mol. The number of benzene rings is 1. The van der Waals surface area contributed by atoms with Crippen LogP contribution < -0.4 is 0 Å². The van der Waals surface area contributed by atoms with Crippen molar-refractivity contribution in [2.45, 2.75) is 37.9 Å². The van der Waals surface area contributed by atoms with E-state index in [0.717, 1.165) is 42.3 Å². The summed E-state index contributed by atoms with van der Waals surface area (Å²) in [5.41, 5.74) is 1.34. The van der Waals surface area contributed by atoms with Crippen LogP contribution in [0, 0.1) is 0 Å². The molecule has 0 N–H and O–H groups in total. The monoisotopic (exact) mass is 340 g/mol. The minimum Gasteiger partial charge on any atom is -0.376 e. The van der Waals surface area contributed by atoms with Crippen molar-refractivity contribution in [3.05, 3.63) is 42.1 Å². The van der Waals surface area contributed by atoms with Gasteiger partial charge < -0.3 is 14.4 Å². The number of amides is 1. The molecule has 2 saturated heterocycles. The summed E-state index contributed by atoms with van der Waals surface area (Å²) in [4.78, 5) is 19.5. The number of likely N-dealkylation sites (tertiary alicyclic amines) is 1. The Bertz CT molecular complexity index is 773. The van der Waals surface area contributed by atoms with Crippen LogP contribution in [0.5, 0.6) is 0 Å². The number of nitrogens with zero attached hydrogens (tertiary/aromatic N) is 2. The first-order valence-electron chi connectivity index (χ1n) is 9.09. The molecule has 25 heavy (non-hydrogen) atoms. The van der Waals surface area contributed by atoms with Crippen LogP contribution in [0.3, 0.4) is 0 Å². The molecule has 0 bridgehead atoms. The highest BCUT2D eigenvalue weighted by Crippen LogP contribution is 2.36. The summed E-state index contributed by atoms with van der Waals surface area (Å²) in [6.07, 6.45) is 4.71. The highest BCUT2D eigenvalue weighted by atomic mass is 16.6. The van der Waals surface area contributed by atoms with Gasteiger partial charge in [0.25, 0.3) is 5.91 Å². The average Bonchev–Trinajstić information content (AvgIpc) is 3.03. The van der Waals surface area contributed by atoms with Crippen LogP contribution in [-0.4, -0.2) is 53.8 Å². The Kier molecular flexibility index (Phi) is 4.44. The highest BCUT2D eigenvalue weighted by Gasteiger charge is 2.45. The van der Waals surface area contributed by atoms with E-state index < -0.39 is 0 Å². The first-order chi connectivity index (χ1) is 12.2. The van der Waals surface area contributed by atoms with Crippen molar-refractivity contribution in [2.75, 3.05) is 26.3 Å². The van der Waals surface area contributed by atoms with Gasteiger partial charge in [-0.1, -0.05) is 18.2 Å². The molecule has 1 spiro atoms. The van der Waals surface area contributed by atoms with Crippen molar-refractivity contribution in [3.63, 3.8) is 0 Å². The van der Waals surface area contributed by atoms with Gasteiger partial charge in [-0.25, -0.2) is 0 Å². The Morgan fingerprint density at radius 1 is 1.40 bits per heavy atom. The van der Waals surface area contributed by atoms with E-state index in [2.05, 4.69) is 4.98 Å². The molecule has 2 aliphatic rings. The molecule has 0 radical (unpaired) electrons. The summed E-state index contributed by atoms with van der Waals surface area (Å²) in [6, 6.07) is 9.62. The largest absolute Gasteiger partial charge is 0.376 e. The molecule has 1 amide bonds. The van der Waals surface area contributed by atoms with Crippen LogP contribution in [0.4, 0.5) is 0 Å². The molecular weight excluding hydrogens is 316 g/mol. The molecule has 2 fully saturated rings. The zero-order valence-electron chi connectivity index (χ0n) is 14.6. The lowest BCUT2D eigenvalue weighted by atomic mass is 9.89. The number of carbonyl (C=O) groups is 1. The Morgan fingerprint density at radius 2 is 2.28 bits per heavy atom. The number of hydrogen-bond donors (Lipinski definition) is 0. The van der Waals surface area contributed by atoms with Gasteiger partial charge in [0.2, 0.25) is 0 Å².